The van der Waals surface area contributed by atoms with Crippen LogP contribution in [-0.4, -0.2) is 42.1 Å². The Hall–Kier alpha value is -1.28. The maximum Gasteiger partial charge on any atom is 0.267 e. The van der Waals surface area contributed by atoms with Gasteiger partial charge in [0.1, 0.15) is 0 Å². The Morgan fingerprint density at radius 2 is 2.14 bits per heavy atom. The normalized spacial score (nSPS) is 20.8. The molecule has 2 aliphatic rings. The summed E-state index contributed by atoms with van der Waals surface area (Å²) in [5.74, 6) is 0.659. The molecule has 1 fully saturated rings. The van der Waals surface area contributed by atoms with Gasteiger partial charge in [0.15, 0.2) is 5.13 Å². The zero-order valence-corrected chi connectivity index (χ0v) is 18.5. The Bertz CT molecular complexity index is 831. The number of aromatic nitrogens is 1. The number of thiophene rings is 1. The Kier molecular flexibility index (Phi) is 5.88. The van der Waals surface area contributed by atoms with E-state index < -0.39 is 0 Å². The van der Waals surface area contributed by atoms with Crippen molar-refractivity contribution in [2.24, 2.45) is 11.3 Å². The summed E-state index contributed by atoms with van der Waals surface area (Å²) in [6.45, 7) is 11.2. The van der Waals surface area contributed by atoms with E-state index in [2.05, 4.69) is 42.0 Å². The number of amides is 1. The Labute approximate surface area is 175 Å². The largest absolute Gasteiger partial charge is 0.379 e. The lowest BCUT2D eigenvalue weighted by Gasteiger charge is -2.33. The molecule has 1 unspecified atom stereocenters. The molecule has 0 bridgehead atoms. The van der Waals surface area contributed by atoms with Gasteiger partial charge >= 0.3 is 0 Å². The quantitative estimate of drug-likeness (QED) is 0.796. The van der Waals surface area contributed by atoms with Crippen LogP contribution in [0.1, 0.15) is 53.0 Å². The summed E-state index contributed by atoms with van der Waals surface area (Å²) < 4.78 is 5.39. The number of carbonyl (C=O) groups is 1. The highest BCUT2D eigenvalue weighted by Crippen LogP contribution is 2.40. The van der Waals surface area contributed by atoms with Crippen LogP contribution in [0.3, 0.4) is 0 Å². The average Bonchev–Trinajstić information content (AvgIpc) is 3.28. The number of aryl methyl sites for hydroxylation is 1. The molecule has 7 heteroatoms. The number of nitrogens with zero attached hydrogens (tertiary/aromatic N) is 2. The molecular formula is C21H29N3O2S2. The van der Waals surface area contributed by atoms with Crippen LogP contribution in [-0.2, 0) is 24.1 Å². The third-order valence-electron chi connectivity index (χ3n) is 5.79. The number of nitrogens with one attached hydrogen (secondary N) is 1. The van der Waals surface area contributed by atoms with Crippen molar-refractivity contribution < 1.29 is 9.53 Å². The lowest BCUT2D eigenvalue weighted by molar-refractivity contribution is 0.0337. The maximum atomic E-state index is 12.7. The number of anilines is 1. The summed E-state index contributed by atoms with van der Waals surface area (Å²) in [7, 11) is 0. The summed E-state index contributed by atoms with van der Waals surface area (Å²) in [6, 6.07) is 2.11. The van der Waals surface area contributed by atoms with Crippen LogP contribution in [0.4, 0.5) is 5.13 Å². The fraction of sp³-hybridized carbons (Fsp3) is 0.619. The van der Waals surface area contributed by atoms with Crippen molar-refractivity contribution in [3.63, 3.8) is 0 Å². The van der Waals surface area contributed by atoms with E-state index in [0.29, 0.717) is 16.5 Å². The Morgan fingerprint density at radius 1 is 1.36 bits per heavy atom. The predicted molar refractivity (Wildman–Crippen MR) is 115 cm³/mol. The van der Waals surface area contributed by atoms with Crippen molar-refractivity contribution in [3.8, 4) is 0 Å². The van der Waals surface area contributed by atoms with Crippen molar-refractivity contribution in [1.82, 2.24) is 9.88 Å². The van der Waals surface area contributed by atoms with Gasteiger partial charge in [0.2, 0.25) is 0 Å². The summed E-state index contributed by atoms with van der Waals surface area (Å²) in [4.78, 5) is 21.9. The molecule has 4 rings (SSSR count). The second-order valence-corrected chi connectivity index (χ2v) is 10.8. The van der Waals surface area contributed by atoms with Gasteiger partial charge in [-0.15, -0.1) is 22.7 Å². The van der Waals surface area contributed by atoms with E-state index in [0.717, 1.165) is 56.3 Å². The molecule has 0 spiro atoms. The number of hydrogen-bond acceptors (Lipinski definition) is 6. The Balaban J connectivity index is 1.38. The second-order valence-electron chi connectivity index (χ2n) is 8.85. The van der Waals surface area contributed by atoms with Crippen LogP contribution in [0.5, 0.6) is 0 Å². The molecule has 1 amide bonds. The number of ether oxygens (including phenoxy) is 1. The first kappa shape index (κ1) is 20.0. The van der Waals surface area contributed by atoms with Gasteiger partial charge in [-0.25, -0.2) is 4.98 Å². The van der Waals surface area contributed by atoms with E-state index in [1.807, 2.05) is 5.38 Å². The fourth-order valence-corrected chi connectivity index (χ4v) is 5.76. The number of morpholine rings is 1. The molecule has 2 aromatic rings. The second kappa shape index (κ2) is 8.22. The molecular weight excluding hydrogens is 390 g/mol. The number of fused-ring (bicyclic) bond motifs is 1. The van der Waals surface area contributed by atoms with Gasteiger partial charge in [-0.05, 0) is 42.2 Å². The van der Waals surface area contributed by atoms with E-state index in [4.69, 9.17) is 4.74 Å². The predicted octanol–water partition coefficient (Wildman–Crippen LogP) is 4.44. The van der Waals surface area contributed by atoms with Crippen molar-refractivity contribution in [2.45, 2.75) is 46.6 Å². The first-order valence-electron chi connectivity index (χ1n) is 10.1. The van der Waals surface area contributed by atoms with E-state index >= 15 is 0 Å². The minimum absolute atomic E-state index is 0.0287. The summed E-state index contributed by atoms with van der Waals surface area (Å²) >= 11 is 3.16. The minimum Gasteiger partial charge on any atom is -0.379 e. The molecule has 5 nitrogen and oxygen atoms in total. The zero-order valence-electron chi connectivity index (χ0n) is 16.9. The molecule has 2 aromatic heterocycles. The summed E-state index contributed by atoms with van der Waals surface area (Å²) in [5.41, 5.74) is 2.70. The zero-order chi connectivity index (χ0) is 19.7. The van der Waals surface area contributed by atoms with E-state index in [1.54, 1.807) is 11.3 Å². The van der Waals surface area contributed by atoms with E-state index in [-0.39, 0.29) is 5.91 Å². The average molecular weight is 420 g/mol. The van der Waals surface area contributed by atoms with Gasteiger partial charge in [0.05, 0.1) is 23.8 Å². The van der Waals surface area contributed by atoms with Crippen LogP contribution in [0.2, 0.25) is 0 Å². The maximum absolute atomic E-state index is 12.7. The van der Waals surface area contributed by atoms with Crippen LogP contribution in [0.15, 0.2) is 11.4 Å². The third-order valence-corrected chi connectivity index (χ3v) is 7.84. The highest BCUT2D eigenvalue weighted by atomic mass is 32.1. The molecule has 3 heterocycles. The van der Waals surface area contributed by atoms with E-state index in [9.17, 15) is 4.79 Å². The van der Waals surface area contributed by atoms with Crippen molar-refractivity contribution in [1.29, 1.82) is 0 Å². The molecule has 1 N–H and O–H groups in total. The topological polar surface area (TPSA) is 54.5 Å². The molecule has 0 aromatic carbocycles. The molecule has 1 aliphatic carbocycles. The van der Waals surface area contributed by atoms with Gasteiger partial charge in [0, 0.05) is 29.9 Å². The molecule has 1 aliphatic heterocycles. The number of thiazole rings is 1. The molecule has 0 radical (unpaired) electrons. The number of hydrogen-bond donors (Lipinski definition) is 1. The van der Waals surface area contributed by atoms with E-state index in [1.165, 1.54) is 28.2 Å². The lowest BCUT2D eigenvalue weighted by atomic mass is 9.72. The van der Waals surface area contributed by atoms with Crippen LogP contribution < -0.4 is 5.32 Å². The fourth-order valence-electron chi connectivity index (χ4n) is 3.96. The van der Waals surface area contributed by atoms with Gasteiger partial charge in [0.25, 0.3) is 5.91 Å². The van der Waals surface area contributed by atoms with Crippen molar-refractivity contribution in [3.05, 3.63) is 32.5 Å². The first-order chi connectivity index (χ1) is 13.4. The van der Waals surface area contributed by atoms with Crippen LogP contribution in [0.25, 0.3) is 0 Å². The van der Waals surface area contributed by atoms with Crippen molar-refractivity contribution in [2.75, 3.05) is 31.6 Å². The van der Waals surface area contributed by atoms with Gasteiger partial charge in [-0.2, -0.15) is 0 Å². The Morgan fingerprint density at radius 3 is 2.89 bits per heavy atom. The summed E-state index contributed by atoms with van der Waals surface area (Å²) in [6.07, 6.45) is 3.40. The SMILES string of the molecule is CC(C)(C)C1CCc2sc(C(=O)Nc3nc(CN4CCOCC4)cs3)cc2C1. The molecule has 152 valence electrons. The van der Waals surface area contributed by atoms with Crippen LogP contribution >= 0.6 is 22.7 Å². The minimum atomic E-state index is -0.0287. The molecule has 1 saturated heterocycles. The monoisotopic (exact) mass is 419 g/mol. The van der Waals surface area contributed by atoms with Crippen LogP contribution in [0, 0.1) is 11.3 Å². The van der Waals surface area contributed by atoms with Gasteiger partial charge < -0.3 is 4.74 Å². The highest BCUT2D eigenvalue weighted by Gasteiger charge is 2.30. The highest BCUT2D eigenvalue weighted by molar-refractivity contribution is 7.15. The standard InChI is InChI=1S/C21H29N3O2S2/c1-21(2,3)15-4-5-17-14(10-15)11-18(28-17)19(25)23-20-22-16(13-27-20)12-24-6-8-26-9-7-24/h11,13,15H,4-10,12H2,1-3H3,(H,22,23,25). The van der Waals surface area contributed by atoms with Gasteiger partial charge in [-0.3, -0.25) is 15.0 Å². The number of carbonyl (C=O) groups excluding carboxylic acids is 1. The molecule has 0 saturated carbocycles. The molecule has 1 atom stereocenters. The first-order valence-corrected chi connectivity index (χ1v) is 11.8. The third kappa shape index (κ3) is 4.64. The summed E-state index contributed by atoms with van der Waals surface area (Å²) in [5, 5.41) is 5.73. The van der Waals surface area contributed by atoms with Crippen molar-refractivity contribution >= 4 is 33.7 Å². The molecule has 28 heavy (non-hydrogen) atoms. The number of rotatable bonds is 4. The smallest absolute Gasteiger partial charge is 0.267 e. The van der Waals surface area contributed by atoms with Gasteiger partial charge in [-0.1, -0.05) is 20.8 Å². The lowest BCUT2D eigenvalue weighted by Crippen LogP contribution is -2.35.